The lowest BCUT2D eigenvalue weighted by Gasteiger charge is -2.43. The summed E-state index contributed by atoms with van der Waals surface area (Å²) in [5, 5.41) is 18.9. The molecule has 1 aliphatic heterocycles. The number of rotatable bonds is 5. The van der Waals surface area contributed by atoms with Crippen LogP contribution in [0.4, 0.5) is 0 Å². The molecule has 0 aromatic heterocycles. The molecule has 1 heterocycles. The summed E-state index contributed by atoms with van der Waals surface area (Å²) in [5.74, 6) is 1.48. The Bertz CT molecular complexity index is 473. The van der Waals surface area contributed by atoms with E-state index in [9.17, 15) is 10.2 Å². The Hall–Kier alpha value is -1.30. The molecule has 1 unspecified atom stereocenters. The van der Waals surface area contributed by atoms with E-state index >= 15 is 0 Å². The van der Waals surface area contributed by atoms with Crippen LogP contribution in [-0.4, -0.2) is 61.8 Å². The summed E-state index contributed by atoms with van der Waals surface area (Å²) in [6, 6.07) is 3.90. The Kier molecular flexibility index (Phi) is 4.52. The van der Waals surface area contributed by atoms with Crippen molar-refractivity contribution in [3.63, 3.8) is 0 Å². The first kappa shape index (κ1) is 15.1. The number of nitrogens with zero attached hydrogens (tertiary/aromatic N) is 1. The van der Waals surface area contributed by atoms with Crippen LogP contribution in [0, 0.1) is 0 Å². The fraction of sp³-hybridized carbons (Fsp3) is 0.600. The minimum atomic E-state index is -0.142. The van der Waals surface area contributed by atoms with Crippen LogP contribution in [0.1, 0.15) is 11.1 Å². The number of fused-ring (bicyclic) bond motifs is 1. The first-order valence-corrected chi connectivity index (χ1v) is 6.87. The smallest absolute Gasteiger partial charge is 0.161 e. The van der Waals surface area contributed by atoms with E-state index in [0.29, 0.717) is 4.48 Å². The Balaban J connectivity index is 2.34. The zero-order valence-corrected chi connectivity index (χ0v) is 12.4. The zero-order chi connectivity index (χ0) is 14.8. The highest BCUT2D eigenvalue weighted by Crippen LogP contribution is 2.35. The lowest BCUT2D eigenvalue weighted by molar-refractivity contribution is -0.948. The Morgan fingerprint density at radius 1 is 1.10 bits per heavy atom. The van der Waals surface area contributed by atoms with E-state index in [-0.39, 0.29) is 19.3 Å². The highest BCUT2D eigenvalue weighted by molar-refractivity contribution is 5.47. The van der Waals surface area contributed by atoms with Crippen LogP contribution in [0.15, 0.2) is 12.1 Å². The van der Waals surface area contributed by atoms with Crippen LogP contribution < -0.4 is 9.47 Å². The maximum Gasteiger partial charge on any atom is 0.161 e. The molecule has 0 amide bonds. The highest BCUT2D eigenvalue weighted by Gasteiger charge is 2.36. The molecule has 0 saturated heterocycles. The summed E-state index contributed by atoms with van der Waals surface area (Å²) in [7, 11) is 5.35. The second-order valence-electron chi connectivity index (χ2n) is 5.61. The number of likely N-dealkylation sites (N-methyl/N-ethyl adjacent to an activating group) is 1. The fourth-order valence-electron chi connectivity index (χ4n) is 2.95. The maximum atomic E-state index is 9.45. The molecule has 1 atom stereocenters. The van der Waals surface area contributed by atoms with Gasteiger partial charge >= 0.3 is 0 Å². The zero-order valence-electron chi connectivity index (χ0n) is 12.4. The molecule has 0 saturated carbocycles. The van der Waals surface area contributed by atoms with Gasteiger partial charge in [-0.1, -0.05) is 0 Å². The summed E-state index contributed by atoms with van der Waals surface area (Å²) >= 11 is 0. The van der Waals surface area contributed by atoms with Crippen LogP contribution in [-0.2, 0) is 13.0 Å². The summed E-state index contributed by atoms with van der Waals surface area (Å²) in [4.78, 5) is 0. The van der Waals surface area contributed by atoms with Crippen molar-refractivity contribution < 1.29 is 24.2 Å². The highest BCUT2D eigenvalue weighted by atomic mass is 16.5. The van der Waals surface area contributed by atoms with E-state index in [0.717, 1.165) is 31.0 Å². The first-order chi connectivity index (χ1) is 9.57. The van der Waals surface area contributed by atoms with Gasteiger partial charge in [-0.3, -0.25) is 0 Å². The average molecular weight is 282 g/mol. The van der Waals surface area contributed by atoms with E-state index in [1.165, 1.54) is 11.1 Å². The lowest BCUT2D eigenvalue weighted by Crippen LogP contribution is -2.57. The third-order valence-corrected chi connectivity index (χ3v) is 4.43. The van der Waals surface area contributed by atoms with Crippen LogP contribution in [0.2, 0.25) is 0 Å². The normalized spacial score (nSPS) is 21.7. The molecule has 5 heteroatoms. The quantitative estimate of drug-likeness (QED) is 0.775. The van der Waals surface area contributed by atoms with Crippen LogP contribution >= 0.6 is 0 Å². The van der Waals surface area contributed by atoms with Crippen LogP contribution in [0.5, 0.6) is 11.5 Å². The number of methoxy groups -OCH3 is 2. The number of benzene rings is 1. The van der Waals surface area contributed by atoms with Crippen molar-refractivity contribution in [3.8, 4) is 11.5 Å². The molecule has 2 N–H and O–H groups in total. The van der Waals surface area contributed by atoms with Crippen molar-refractivity contribution in [3.05, 3.63) is 23.3 Å². The van der Waals surface area contributed by atoms with Gasteiger partial charge in [0.15, 0.2) is 11.5 Å². The monoisotopic (exact) mass is 282 g/mol. The van der Waals surface area contributed by atoms with Gasteiger partial charge < -0.3 is 24.2 Å². The third-order valence-electron chi connectivity index (χ3n) is 4.43. The molecular formula is C15H24NO4+. The van der Waals surface area contributed by atoms with E-state index in [1.807, 2.05) is 12.1 Å². The first-order valence-electron chi connectivity index (χ1n) is 6.87. The molecule has 5 nitrogen and oxygen atoms in total. The largest absolute Gasteiger partial charge is 0.493 e. The fourth-order valence-corrected chi connectivity index (χ4v) is 2.95. The number of hydrogen-bond donors (Lipinski definition) is 2. The van der Waals surface area contributed by atoms with Gasteiger partial charge in [-0.15, -0.1) is 0 Å². The second-order valence-corrected chi connectivity index (χ2v) is 5.61. The molecule has 0 aliphatic carbocycles. The molecule has 20 heavy (non-hydrogen) atoms. The Morgan fingerprint density at radius 3 is 2.15 bits per heavy atom. The standard InChI is InChI=1S/C15H24NO4/c1-16(13(9-17)10-18)5-4-11-6-14(19-2)15(20-3)7-12(11)8-16/h6-7,13,17-18H,4-5,8-10H2,1-3H3/q+1. The number of quaternary nitrogens is 1. The van der Waals surface area contributed by atoms with Crippen molar-refractivity contribution in [2.45, 2.75) is 19.0 Å². The predicted octanol–water partition coefficient (Wildman–Crippen LogP) is 0.560. The lowest BCUT2D eigenvalue weighted by atomic mass is 9.95. The van der Waals surface area contributed by atoms with Gasteiger partial charge in [0.25, 0.3) is 0 Å². The molecule has 0 fully saturated rings. The van der Waals surface area contributed by atoms with E-state index in [1.54, 1.807) is 14.2 Å². The molecule has 112 valence electrons. The van der Waals surface area contributed by atoms with Crippen molar-refractivity contribution in [2.75, 3.05) is 41.0 Å². The van der Waals surface area contributed by atoms with Crippen LogP contribution in [0.25, 0.3) is 0 Å². The number of ether oxygens (including phenoxy) is 2. The SMILES string of the molecule is COc1cc2c(cc1OC)C[N+](C)(C(CO)CO)CC2. The number of aliphatic hydroxyl groups is 2. The van der Waals surface area contributed by atoms with Gasteiger partial charge in [-0.2, -0.15) is 0 Å². The average Bonchev–Trinajstić information content (AvgIpc) is 2.46. The van der Waals surface area contributed by atoms with E-state index in [4.69, 9.17) is 9.47 Å². The molecule has 0 spiro atoms. The molecule has 1 aromatic carbocycles. The summed E-state index contributed by atoms with van der Waals surface area (Å²) in [6.07, 6.45) is 0.905. The van der Waals surface area contributed by atoms with Crippen molar-refractivity contribution in [2.24, 2.45) is 0 Å². The Morgan fingerprint density at radius 2 is 1.65 bits per heavy atom. The summed E-state index contributed by atoms with van der Waals surface area (Å²) < 4.78 is 11.3. The van der Waals surface area contributed by atoms with Crippen molar-refractivity contribution in [1.29, 1.82) is 0 Å². The minimum absolute atomic E-state index is 0.00434. The third kappa shape index (κ3) is 2.61. The van der Waals surface area contributed by atoms with Gasteiger partial charge in [-0.05, 0) is 17.7 Å². The van der Waals surface area contributed by atoms with Gasteiger partial charge in [0.1, 0.15) is 12.6 Å². The van der Waals surface area contributed by atoms with Gasteiger partial charge in [0.05, 0.1) is 41.0 Å². The summed E-state index contributed by atoms with van der Waals surface area (Å²) in [5.41, 5.74) is 2.45. The van der Waals surface area contributed by atoms with Gasteiger partial charge in [0, 0.05) is 12.0 Å². The summed E-state index contributed by atoms with van der Waals surface area (Å²) in [6.45, 7) is 1.67. The van der Waals surface area contributed by atoms with E-state index in [2.05, 4.69) is 7.05 Å². The van der Waals surface area contributed by atoms with Gasteiger partial charge in [0.2, 0.25) is 0 Å². The number of aliphatic hydroxyl groups excluding tert-OH is 2. The molecule has 1 aliphatic rings. The van der Waals surface area contributed by atoms with Crippen molar-refractivity contribution in [1.82, 2.24) is 0 Å². The van der Waals surface area contributed by atoms with Gasteiger partial charge in [-0.25, -0.2) is 0 Å². The molecular weight excluding hydrogens is 258 g/mol. The van der Waals surface area contributed by atoms with Crippen molar-refractivity contribution >= 4 is 0 Å². The van der Waals surface area contributed by atoms with E-state index < -0.39 is 0 Å². The second kappa shape index (κ2) is 5.99. The minimum Gasteiger partial charge on any atom is -0.493 e. The molecule has 1 aromatic rings. The molecule has 0 bridgehead atoms. The van der Waals surface area contributed by atoms with Crippen LogP contribution in [0.3, 0.4) is 0 Å². The topological polar surface area (TPSA) is 58.9 Å². The molecule has 2 rings (SSSR count). The molecule has 0 radical (unpaired) electrons. The Labute approximate surface area is 119 Å². The maximum absolute atomic E-state index is 9.45. The predicted molar refractivity (Wildman–Crippen MR) is 76.0 cm³/mol. The number of hydrogen-bond acceptors (Lipinski definition) is 4.